The van der Waals surface area contributed by atoms with Crippen molar-refractivity contribution < 1.29 is 38.1 Å². The molecule has 0 bridgehead atoms. The molecule has 1 saturated heterocycles. The van der Waals surface area contributed by atoms with Crippen molar-refractivity contribution >= 4 is 64.0 Å². The highest BCUT2D eigenvalue weighted by Crippen LogP contribution is 2.45. The number of alkyl halides is 1. The lowest BCUT2D eigenvalue weighted by Gasteiger charge is -2.21. The molecule has 5 N–H and O–H groups in total. The molecule has 2 aromatic rings. The first kappa shape index (κ1) is 27.6. The number of carbonyl (C=O) groups excluding carboxylic acids is 1. The summed E-state index contributed by atoms with van der Waals surface area (Å²) in [4.78, 5) is 34.0. The predicted molar refractivity (Wildman–Crippen MR) is 126 cm³/mol. The van der Waals surface area contributed by atoms with Crippen LogP contribution in [0.2, 0.25) is 5.28 Å². The Kier molecular flexibility index (Phi) is 8.88. The van der Waals surface area contributed by atoms with Gasteiger partial charge in [-0.25, -0.2) is 9.37 Å². The molecular formula is C17H24ClFN5O7PS2. The molecule has 3 unspecified atom stereocenters. The molecule has 5 atom stereocenters. The van der Waals surface area contributed by atoms with Crippen molar-refractivity contribution in [1.82, 2.24) is 19.5 Å². The highest BCUT2D eigenvalue weighted by Gasteiger charge is 2.46. The van der Waals surface area contributed by atoms with E-state index >= 15 is 0 Å². The highest BCUT2D eigenvalue weighted by atomic mass is 35.5. The van der Waals surface area contributed by atoms with Gasteiger partial charge in [0.2, 0.25) is 5.28 Å². The molecule has 1 fully saturated rings. The third kappa shape index (κ3) is 6.22. The van der Waals surface area contributed by atoms with Gasteiger partial charge in [-0.2, -0.15) is 9.97 Å². The number of hydrogen-bond donors (Lipinski definition) is 4. The molecule has 17 heteroatoms. The molecular weight excluding hydrogens is 536 g/mol. The average molecular weight is 560 g/mol. The number of nitrogens with two attached hydrogens (primary N) is 1. The first-order chi connectivity index (χ1) is 15.9. The Morgan fingerprint density at radius 2 is 2.18 bits per heavy atom. The van der Waals surface area contributed by atoms with Gasteiger partial charge in [-0.3, -0.25) is 9.36 Å². The molecule has 2 aromatic heterocycles. The van der Waals surface area contributed by atoms with Crippen LogP contribution in [0.4, 0.5) is 10.2 Å². The fourth-order valence-corrected chi connectivity index (χ4v) is 5.15. The number of thioether (sulfide) groups is 1. The molecule has 3 rings (SSSR count). The number of nitrogens with zero attached hydrogens (tertiary/aromatic N) is 4. The monoisotopic (exact) mass is 559 g/mol. The number of ether oxygens (including phenoxy) is 1. The van der Waals surface area contributed by atoms with Gasteiger partial charge in [-0.1, -0.05) is 11.8 Å². The second kappa shape index (κ2) is 10.9. The fourth-order valence-electron chi connectivity index (χ4n) is 2.91. The molecule has 0 radical (unpaired) electrons. The summed E-state index contributed by atoms with van der Waals surface area (Å²) in [6, 6.07) is 0. The van der Waals surface area contributed by atoms with Gasteiger partial charge in [0.05, 0.1) is 31.6 Å². The minimum Gasteiger partial charge on any atom is -0.395 e. The first-order valence-corrected chi connectivity index (χ1v) is 13.8. The summed E-state index contributed by atoms with van der Waals surface area (Å²) in [5, 5.41) is 19.1. The van der Waals surface area contributed by atoms with Crippen molar-refractivity contribution in [2.24, 2.45) is 5.41 Å². The topological polar surface area (TPSA) is 175 Å². The van der Waals surface area contributed by atoms with Crippen molar-refractivity contribution in [3.63, 3.8) is 0 Å². The summed E-state index contributed by atoms with van der Waals surface area (Å²) in [5.41, 5.74) is 5.15. The van der Waals surface area contributed by atoms with E-state index in [9.17, 15) is 24.3 Å². The minimum atomic E-state index is -3.76. The van der Waals surface area contributed by atoms with Crippen LogP contribution in [0.25, 0.3) is 11.2 Å². The van der Waals surface area contributed by atoms with Crippen molar-refractivity contribution in [1.29, 1.82) is 0 Å². The molecule has 0 amide bonds. The van der Waals surface area contributed by atoms with E-state index in [-0.39, 0.29) is 46.3 Å². The highest BCUT2D eigenvalue weighted by molar-refractivity contribution is 8.13. The van der Waals surface area contributed by atoms with Crippen LogP contribution < -0.4 is 5.73 Å². The summed E-state index contributed by atoms with van der Waals surface area (Å²) in [5.74, 6) is 0.170. The van der Waals surface area contributed by atoms with Gasteiger partial charge in [-0.05, 0) is 37.3 Å². The number of rotatable bonds is 10. The van der Waals surface area contributed by atoms with E-state index in [1.807, 2.05) is 0 Å². The molecule has 34 heavy (non-hydrogen) atoms. The van der Waals surface area contributed by atoms with Gasteiger partial charge in [0, 0.05) is 5.75 Å². The summed E-state index contributed by atoms with van der Waals surface area (Å²) < 4.78 is 32.0. The van der Waals surface area contributed by atoms with Crippen molar-refractivity contribution in [3.8, 4) is 0 Å². The van der Waals surface area contributed by atoms with Crippen LogP contribution in [0.1, 0.15) is 20.1 Å². The third-order valence-corrected chi connectivity index (χ3v) is 7.88. The molecule has 0 aromatic carbocycles. The number of aliphatic hydroxyl groups excluding tert-OH is 2. The van der Waals surface area contributed by atoms with E-state index in [1.54, 1.807) is 13.8 Å². The van der Waals surface area contributed by atoms with E-state index < -0.39 is 43.3 Å². The standard InChI is InChI=1S/C17H24ClFN5O7PS2/c1-17(2,6-25)15(27)34-4-3-29-32(28,33)30-5-8-11(26)9(19)14(31-8)24-7-21-10-12(20)22-16(18)23-13(10)24/h7-9,11,14,25-26H,3-6H2,1-2H3,(H,28,33)(H2,20,22,23)/t8-,9-,11?,14?,32?/m1/s1. The SMILES string of the molecule is CC(C)(CO)C(=O)SCCOP(O)(=S)OC[C@H]1OC(n2cnc3c(N)nc(Cl)nc32)[C@H](F)C1O. The average Bonchev–Trinajstić information content (AvgIpc) is 3.31. The molecule has 1 aliphatic heterocycles. The van der Waals surface area contributed by atoms with E-state index in [0.717, 1.165) is 11.8 Å². The Labute approximate surface area is 208 Å². The second-order valence-electron chi connectivity index (χ2n) is 7.98. The summed E-state index contributed by atoms with van der Waals surface area (Å²) >= 11 is 11.7. The number of aromatic nitrogens is 4. The molecule has 0 saturated carbocycles. The molecule has 3 heterocycles. The second-order valence-corrected chi connectivity index (χ2v) is 12.2. The first-order valence-electron chi connectivity index (χ1n) is 9.89. The fraction of sp³-hybridized carbons (Fsp3) is 0.647. The van der Waals surface area contributed by atoms with Crippen molar-refractivity contribution in [2.75, 3.05) is 31.3 Å². The number of fused-ring (bicyclic) bond motifs is 1. The van der Waals surface area contributed by atoms with Gasteiger partial charge in [0.15, 0.2) is 29.0 Å². The lowest BCUT2D eigenvalue weighted by Crippen LogP contribution is -2.31. The maximum absolute atomic E-state index is 14.8. The van der Waals surface area contributed by atoms with Gasteiger partial charge < -0.3 is 34.6 Å². The van der Waals surface area contributed by atoms with Gasteiger partial charge >= 0.3 is 6.72 Å². The Hall–Kier alpha value is -1.00. The Morgan fingerprint density at radius 3 is 2.85 bits per heavy atom. The predicted octanol–water partition coefficient (Wildman–Crippen LogP) is 1.19. The number of carbonyl (C=O) groups is 1. The summed E-state index contributed by atoms with van der Waals surface area (Å²) in [7, 11) is 0. The largest absolute Gasteiger partial charge is 0.395 e. The maximum Gasteiger partial charge on any atom is 0.324 e. The quantitative estimate of drug-likeness (QED) is 0.186. The third-order valence-electron chi connectivity index (χ3n) is 4.91. The number of aliphatic hydroxyl groups is 2. The Morgan fingerprint density at radius 1 is 1.47 bits per heavy atom. The number of imidazole rings is 1. The van der Waals surface area contributed by atoms with E-state index in [4.69, 9.17) is 42.9 Å². The van der Waals surface area contributed by atoms with Gasteiger partial charge in [0.25, 0.3) is 0 Å². The molecule has 1 aliphatic rings. The number of hydrogen-bond acceptors (Lipinski definition) is 12. The van der Waals surface area contributed by atoms with Crippen LogP contribution in [0, 0.1) is 5.41 Å². The summed E-state index contributed by atoms with van der Waals surface area (Å²) in [6.45, 7) is -1.42. The van der Waals surface area contributed by atoms with Crippen LogP contribution in [-0.2, 0) is 30.4 Å². The number of anilines is 1. The normalized spacial score (nSPS) is 25.0. The zero-order valence-corrected chi connectivity index (χ0v) is 21.4. The van der Waals surface area contributed by atoms with Crippen LogP contribution >= 0.6 is 30.1 Å². The maximum atomic E-state index is 14.8. The molecule has 12 nitrogen and oxygen atoms in total. The van der Waals surface area contributed by atoms with Crippen LogP contribution in [-0.4, -0.2) is 83.7 Å². The van der Waals surface area contributed by atoms with E-state index in [1.165, 1.54) is 10.9 Å². The van der Waals surface area contributed by atoms with Crippen LogP contribution in [0.5, 0.6) is 0 Å². The van der Waals surface area contributed by atoms with E-state index in [0.29, 0.717) is 0 Å². The van der Waals surface area contributed by atoms with Crippen LogP contribution in [0.15, 0.2) is 6.33 Å². The van der Waals surface area contributed by atoms with Crippen LogP contribution in [0.3, 0.4) is 0 Å². The van der Waals surface area contributed by atoms with E-state index in [2.05, 4.69) is 15.0 Å². The minimum absolute atomic E-state index is 0.000458. The smallest absolute Gasteiger partial charge is 0.324 e. The number of halogens is 2. The molecule has 0 spiro atoms. The van der Waals surface area contributed by atoms with Gasteiger partial charge in [0.1, 0.15) is 17.7 Å². The lowest BCUT2D eigenvalue weighted by molar-refractivity contribution is -0.119. The van der Waals surface area contributed by atoms with Gasteiger partial charge in [-0.15, -0.1) is 0 Å². The molecule has 190 valence electrons. The van der Waals surface area contributed by atoms with Crippen molar-refractivity contribution in [3.05, 3.63) is 11.6 Å². The zero-order chi connectivity index (χ0) is 25.3. The lowest BCUT2D eigenvalue weighted by atomic mass is 9.97. The Balaban J connectivity index is 1.56. The summed E-state index contributed by atoms with van der Waals surface area (Å²) in [6.07, 6.45) is -4.78. The van der Waals surface area contributed by atoms with Crippen molar-refractivity contribution in [2.45, 2.75) is 38.5 Å². The zero-order valence-electron chi connectivity index (χ0n) is 18.1. The number of nitrogen functional groups attached to an aromatic ring is 1. The Bertz CT molecular complexity index is 1100. The molecule has 0 aliphatic carbocycles.